The molecule has 0 saturated carbocycles. The standard InChI is InChI=1S/C32H41N3O6S/c1-7-28(32(37)33-23(2)3)34(20-19-25-11-9-8-10-12-25)31(36)22-35(26-15-18-29(40-5)30(21-26)41-6)42(38,39)27-16-13-24(4)14-17-27/h8-18,21,23,28H,7,19-20,22H2,1-6H3,(H,33,37). The second-order valence-corrected chi connectivity index (χ2v) is 12.1. The van der Waals surface area contributed by atoms with Gasteiger partial charge in [-0.1, -0.05) is 55.0 Å². The number of hydrogen-bond donors (Lipinski definition) is 1. The van der Waals surface area contributed by atoms with Crippen LogP contribution in [-0.2, 0) is 26.0 Å². The molecular weight excluding hydrogens is 554 g/mol. The minimum Gasteiger partial charge on any atom is -0.493 e. The van der Waals surface area contributed by atoms with Crippen molar-refractivity contribution in [2.75, 3.05) is 31.6 Å². The summed E-state index contributed by atoms with van der Waals surface area (Å²) in [5.41, 5.74) is 2.12. The van der Waals surface area contributed by atoms with Crippen molar-refractivity contribution in [2.45, 2.75) is 57.5 Å². The topological polar surface area (TPSA) is 105 Å². The van der Waals surface area contributed by atoms with E-state index in [2.05, 4.69) is 5.32 Å². The van der Waals surface area contributed by atoms with E-state index in [1.54, 1.807) is 24.3 Å². The van der Waals surface area contributed by atoms with Crippen LogP contribution in [0.3, 0.4) is 0 Å². The van der Waals surface area contributed by atoms with E-state index in [4.69, 9.17) is 9.47 Å². The van der Waals surface area contributed by atoms with Crippen molar-refractivity contribution in [3.63, 3.8) is 0 Å². The Balaban J connectivity index is 2.07. The average Bonchev–Trinajstić information content (AvgIpc) is 2.97. The SMILES string of the molecule is CCC(C(=O)NC(C)C)N(CCc1ccccc1)C(=O)CN(c1ccc(OC)c(OC)c1)S(=O)(=O)c1ccc(C)cc1. The molecule has 0 bridgehead atoms. The molecule has 3 aromatic carbocycles. The largest absolute Gasteiger partial charge is 0.493 e. The second kappa shape index (κ2) is 14.7. The maximum Gasteiger partial charge on any atom is 0.264 e. The number of nitrogens with one attached hydrogen (secondary N) is 1. The molecule has 1 N–H and O–H groups in total. The fourth-order valence-electron chi connectivity index (χ4n) is 4.62. The van der Waals surface area contributed by atoms with Crippen molar-refractivity contribution < 1.29 is 27.5 Å². The summed E-state index contributed by atoms with van der Waals surface area (Å²) in [6.45, 7) is 7.12. The van der Waals surface area contributed by atoms with E-state index < -0.39 is 28.5 Å². The predicted octanol–water partition coefficient (Wildman–Crippen LogP) is 4.58. The minimum atomic E-state index is -4.19. The quantitative estimate of drug-likeness (QED) is 0.293. The molecule has 2 amide bonds. The maximum atomic E-state index is 14.1. The molecule has 10 heteroatoms. The van der Waals surface area contributed by atoms with Gasteiger partial charge in [0.1, 0.15) is 12.6 Å². The van der Waals surface area contributed by atoms with E-state index in [-0.39, 0.29) is 29.1 Å². The summed E-state index contributed by atoms with van der Waals surface area (Å²) in [6.07, 6.45) is 0.860. The van der Waals surface area contributed by atoms with Gasteiger partial charge in [0.15, 0.2) is 11.5 Å². The number of hydrogen-bond acceptors (Lipinski definition) is 6. The van der Waals surface area contributed by atoms with Gasteiger partial charge in [0, 0.05) is 18.7 Å². The van der Waals surface area contributed by atoms with Crippen LogP contribution in [0.25, 0.3) is 0 Å². The third-order valence-corrected chi connectivity index (χ3v) is 8.63. The van der Waals surface area contributed by atoms with Crippen molar-refractivity contribution in [2.24, 2.45) is 0 Å². The van der Waals surface area contributed by atoms with Crippen LogP contribution in [0, 0.1) is 6.92 Å². The third-order valence-electron chi connectivity index (χ3n) is 6.84. The summed E-state index contributed by atoms with van der Waals surface area (Å²) >= 11 is 0. The minimum absolute atomic E-state index is 0.0381. The molecule has 0 aliphatic rings. The van der Waals surface area contributed by atoms with Gasteiger partial charge in [-0.2, -0.15) is 0 Å². The van der Waals surface area contributed by atoms with Gasteiger partial charge in [0.2, 0.25) is 11.8 Å². The van der Waals surface area contributed by atoms with Gasteiger partial charge < -0.3 is 19.7 Å². The Kier molecular flexibility index (Phi) is 11.4. The summed E-state index contributed by atoms with van der Waals surface area (Å²) in [5.74, 6) is -0.0495. The molecule has 226 valence electrons. The fraction of sp³-hybridized carbons (Fsp3) is 0.375. The van der Waals surface area contributed by atoms with Gasteiger partial charge >= 0.3 is 0 Å². The number of benzene rings is 3. The third kappa shape index (κ3) is 8.03. The van der Waals surface area contributed by atoms with Crippen molar-refractivity contribution in [3.05, 3.63) is 83.9 Å². The van der Waals surface area contributed by atoms with Crippen LogP contribution in [0.2, 0.25) is 0 Å². The van der Waals surface area contributed by atoms with Crippen molar-refractivity contribution in [3.8, 4) is 11.5 Å². The molecule has 3 rings (SSSR count). The summed E-state index contributed by atoms with van der Waals surface area (Å²) in [6, 6.07) is 19.9. The Morgan fingerprint density at radius 1 is 0.905 bits per heavy atom. The van der Waals surface area contributed by atoms with Crippen LogP contribution in [0.1, 0.15) is 38.3 Å². The summed E-state index contributed by atoms with van der Waals surface area (Å²) in [7, 11) is -1.25. The Morgan fingerprint density at radius 3 is 2.12 bits per heavy atom. The van der Waals surface area contributed by atoms with E-state index in [1.807, 2.05) is 58.0 Å². The van der Waals surface area contributed by atoms with Gasteiger partial charge in [0.05, 0.1) is 24.8 Å². The maximum absolute atomic E-state index is 14.1. The summed E-state index contributed by atoms with van der Waals surface area (Å²) < 4.78 is 39.9. The second-order valence-electron chi connectivity index (χ2n) is 10.3. The van der Waals surface area contributed by atoms with E-state index in [9.17, 15) is 18.0 Å². The van der Waals surface area contributed by atoms with Gasteiger partial charge in [-0.25, -0.2) is 8.42 Å². The Morgan fingerprint density at radius 2 is 1.55 bits per heavy atom. The molecule has 1 atom stereocenters. The van der Waals surface area contributed by atoms with Crippen LogP contribution in [-0.4, -0.2) is 64.5 Å². The van der Waals surface area contributed by atoms with Crippen LogP contribution < -0.4 is 19.1 Å². The zero-order valence-electron chi connectivity index (χ0n) is 25.2. The van der Waals surface area contributed by atoms with E-state index in [1.165, 1.54) is 37.3 Å². The highest BCUT2D eigenvalue weighted by molar-refractivity contribution is 7.92. The Bertz CT molecular complexity index is 1440. The van der Waals surface area contributed by atoms with Crippen molar-refractivity contribution >= 4 is 27.5 Å². The number of carbonyl (C=O) groups is 2. The first kappa shape index (κ1) is 32.5. The highest BCUT2D eigenvalue weighted by Gasteiger charge is 2.34. The molecule has 0 aromatic heterocycles. The molecule has 0 fully saturated rings. The van der Waals surface area contributed by atoms with E-state index in [0.717, 1.165) is 15.4 Å². The number of sulfonamides is 1. The lowest BCUT2D eigenvalue weighted by Crippen LogP contribution is -2.54. The lowest BCUT2D eigenvalue weighted by molar-refractivity contribution is -0.139. The number of amides is 2. The molecule has 0 saturated heterocycles. The fourth-order valence-corrected chi connectivity index (χ4v) is 6.03. The molecule has 0 aliphatic carbocycles. The normalized spacial score (nSPS) is 12.0. The highest BCUT2D eigenvalue weighted by Crippen LogP contribution is 2.34. The van der Waals surface area contributed by atoms with Crippen LogP contribution >= 0.6 is 0 Å². The van der Waals surface area contributed by atoms with Gasteiger partial charge in [-0.05, 0) is 63.4 Å². The molecule has 0 spiro atoms. The number of anilines is 1. The van der Waals surface area contributed by atoms with E-state index >= 15 is 0 Å². The summed E-state index contributed by atoms with van der Waals surface area (Å²) in [4.78, 5) is 28.9. The first-order valence-electron chi connectivity index (χ1n) is 14.0. The molecule has 42 heavy (non-hydrogen) atoms. The zero-order chi connectivity index (χ0) is 30.9. The smallest absolute Gasteiger partial charge is 0.264 e. The van der Waals surface area contributed by atoms with E-state index in [0.29, 0.717) is 24.3 Å². The lowest BCUT2D eigenvalue weighted by atomic mass is 10.1. The van der Waals surface area contributed by atoms with Crippen molar-refractivity contribution in [1.82, 2.24) is 10.2 Å². The zero-order valence-corrected chi connectivity index (χ0v) is 26.0. The first-order chi connectivity index (χ1) is 20.0. The van der Waals surface area contributed by atoms with Gasteiger partial charge in [0.25, 0.3) is 10.0 Å². The van der Waals surface area contributed by atoms with Crippen LogP contribution in [0.4, 0.5) is 5.69 Å². The number of aryl methyl sites for hydroxylation is 1. The molecule has 9 nitrogen and oxygen atoms in total. The lowest BCUT2D eigenvalue weighted by Gasteiger charge is -2.33. The summed E-state index contributed by atoms with van der Waals surface area (Å²) in [5, 5.41) is 2.91. The number of rotatable bonds is 14. The van der Waals surface area contributed by atoms with Crippen LogP contribution in [0.5, 0.6) is 11.5 Å². The predicted molar refractivity (Wildman–Crippen MR) is 164 cm³/mol. The average molecular weight is 596 g/mol. The number of nitrogens with zero attached hydrogens (tertiary/aromatic N) is 2. The molecule has 0 heterocycles. The van der Waals surface area contributed by atoms with Crippen LogP contribution in [0.15, 0.2) is 77.7 Å². The first-order valence-corrected chi connectivity index (χ1v) is 15.4. The highest BCUT2D eigenvalue weighted by atomic mass is 32.2. The molecular formula is C32H41N3O6S. The number of methoxy groups -OCH3 is 2. The number of carbonyl (C=O) groups excluding carboxylic acids is 2. The molecule has 0 aliphatic heterocycles. The monoisotopic (exact) mass is 595 g/mol. The number of ether oxygens (including phenoxy) is 2. The Hall–Kier alpha value is -4.05. The van der Waals surface area contributed by atoms with Gasteiger partial charge in [-0.3, -0.25) is 13.9 Å². The molecule has 3 aromatic rings. The van der Waals surface area contributed by atoms with Gasteiger partial charge in [-0.15, -0.1) is 0 Å². The van der Waals surface area contributed by atoms with Crippen molar-refractivity contribution in [1.29, 1.82) is 0 Å². The molecule has 1 unspecified atom stereocenters. The molecule has 0 radical (unpaired) electrons. The Labute approximate surface area is 249 Å².